The highest BCUT2D eigenvalue weighted by atomic mass is 79.9. The SMILES string of the molecule is CCc1ccccc1OCC(=O)Nc1cc2c(cc1Br)OCCO2. The van der Waals surface area contributed by atoms with E-state index in [1.807, 2.05) is 24.3 Å². The smallest absolute Gasteiger partial charge is 0.262 e. The van der Waals surface area contributed by atoms with E-state index in [0.29, 0.717) is 30.4 Å². The lowest BCUT2D eigenvalue weighted by Crippen LogP contribution is -2.21. The number of aryl methyl sites for hydroxylation is 1. The van der Waals surface area contributed by atoms with Gasteiger partial charge in [-0.2, -0.15) is 0 Å². The van der Waals surface area contributed by atoms with Crippen LogP contribution in [0.2, 0.25) is 0 Å². The largest absolute Gasteiger partial charge is 0.486 e. The van der Waals surface area contributed by atoms with Gasteiger partial charge in [0.1, 0.15) is 19.0 Å². The maximum Gasteiger partial charge on any atom is 0.262 e. The minimum absolute atomic E-state index is 0.0576. The Labute approximate surface area is 149 Å². The molecule has 1 N–H and O–H groups in total. The first-order valence-electron chi connectivity index (χ1n) is 7.77. The number of hydrogen-bond donors (Lipinski definition) is 1. The number of carbonyl (C=O) groups excluding carboxylic acids is 1. The number of amides is 1. The molecule has 1 aliphatic rings. The molecular formula is C18H18BrNO4. The molecule has 0 saturated heterocycles. The summed E-state index contributed by atoms with van der Waals surface area (Å²) in [7, 11) is 0. The van der Waals surface area contributed by atoms with Gasteiger partial charge in [-0.05, 0) is 34.0 Å². The second kappa shape index (κ2) is 7.57. The van der Waals surface area contributed by atoms with Gasteiger partial charge in [0.15, 0.2) is 18.1 Å². The van der Waals surface area contributed by atoms with E-state index in [0.717, 1.165) is 22.2 Å². The van der Waals surface area contributed by atoms with Gasteiger partial charge >= 0.3 is 0 Å². The number of para-hydroxylation sites is 1. The summed E-state index contributed by atoms with van der Waals surface area (Å²) in [6.45, 7) is 3.02. The topological polar surface area (TPSA) is 56.8 Å². The third-order valence-electron chi connectivity index (χ3n) is 3.62. The van der Waals surface area contributed by atoms with Crippen LogP contribution in [-0.4, -0.2) is 25.7 Å². The Morgan fingerprint density at radius 1 is 1.21 bits per heavy atom. The molecular weight excluding hydrogens is 374 g/mol. The van der Waals surface area contributed by atoms with Crippen molar-refractivity contribution in [3.05, 3.63) is 46.4 Å². The Morgan fingerprint density at radius 2 is 1.92 bits per heavy atom. The molecule has 2 aromatic rings. The summed E-state index contributed by atoms with van der Waals surface area (Å²) in [6.07, 6.45) is 0.853. The molecule has 1 amide bonds. The van der Waals surface area contributed by atoms with Crippen molar-refractivity contribution in [3.8, 4) is 17.2 Å². The fourth-order valence-corrected chi connectivity index (χ4v) is 2.85. The van der Waals surface area contributed by atoms with Gasteiger partial charge in [-0.3, -0.25) is 4.79 Å². The summed E-state index contributed by atoms with van der Waals surface area (Å²) in [5, 5.41) is 2.82. The standard InChI is InChI=1S/C18H18BrNO4/c1-2-12-5-3-4-6-15(12)24-11-18(21)20-14-10-17-16(9-13(14)19)22-7-8-23-17/h3-6,9-10H,2,7-8,11H2,1H3,(H,20,21). The van der Waals surface area contributed by atoms with E-state index in [2.05, 4.69) is 28.2 Å². The lowest BCUT2D eigenvalue weighted by Gasteiger charge is -2.20. The molecule has 126 valence electrons. The highest BCUT2D eigenvalue weighted by molar-refractivity contribution is 9.10. The number of fused-ring (bicyclic) bond motifs is 1. The zero-order valence-electron chi connectivity index (χ0n) is 13.3. The second-order valence-corrected chi connectivity index (χ2v) is 6.13. The van der Waals surface area contributed by atoms with Crippen molar-refractivity contribution >= 4 is 27.5 Å². The first kappa shape index (κ1) is 16.6. The molecule has 2 aromatic carbocycles. The minimum atomic E-state index is -0.238. The van der Waals surface area contributed by atoms with Crippen LogP contribution in [0.1, 0.15) is 12.5 Å². The number of ether oxygens (including phenoxy) is 3. The van der Waals surface area contributed by atoms with Gasteiger partial charge in [0.25, 0.3) is 5.91 Å². The Kier molecular flexibility index (Phi) is 5.25. The van der Waals surface area contributed by atoms with Gasteiger partial charge in [-0.25, -0.2) is 0 Å². The van der Waals surface area contributed by atoms with E-state index in [1.165, 1.54) is 0 Å². The van der Waals surface area contributed by atoms with Gasteiger partial charge in [-0.1, -0.05) is 25.1 Å². The van der Waals surface area contributed by atoms with Crippen LogP contribution in [0.25, 0.3) is 0 Å². The molecule has 1 heterocycles. The van der Waals surface area contributed by atoms with E-state index in [9.17, 15) is 4.79 Å². The summed E-state index contributed by atoms with van der Waals surface area (Å²) in [4.78, 5) is 12.2. The molecule has 1 aliphatic heterocycles. The van der Waals surface area contributed by atoms with Crippen LogP contribution < -0.4 is 19.5 Å². The third kappa shape index (κ3) is 3.82. The average molecular weight is 392 g/mol. The Bertz CT molecular complexity index is 748. The van der Waals surface area contributed by atoms with Gasteiger partial charge in [-0.15, -0.1) is 0 Å². The van der Waals surface area contributed by atoms with Crippen molar-refractivity contribution in [1.82, 2.24) is 0 Å². The van der Waals surface area contributed by atoms with Gasteiger partial charge in [0, 0.05) is 16.6 Å². The van der Waals surface area contributed by atoms with Gasteiger partial charge in [0.2, 0.25) is 0 Å². The zero-order chi connectivity index (χ0) is 16.9. The van der Waals surface area contributed by atoms with E-state index in [-0.39, 0.29) is 12.5 Å². The summed E-state index contributed by atoms with van der Waals surface area (Å²) >= 11 is 3.43. The Hall–Kier alpha value is -2.21. The molecule has 0 bridgehead atoms. The zero-order valence-corrected chi connectivity index (χ0v) is 14.9. The van der Waals surface area contributed by atoms with E-state index >= 15 is 0 Å². The molecule has 24 heavy (non-hydrogen) atoms. The van der Waals surface area contributed by atoms with Crippen LogP contribution in [0.5, 0.6) is 17.2 Å². The van der Waals surface area contributed by atoms with Crippen LogP contribution in [0.15, 0.2) is 40.9 Å². The lowest BCUT2D eigenvalue weighted by atomic mass is 10.1. The second-order valence-electron chi connectivity index (χ2n) is 5.27. The first-order valence-corrected chi connectivity index (χ1v) is 8.56. The van der Waals surface area contributed by atoms with Crippen LogP contribution in [0, 0.1) is 0 Å². The predicted octanol–water partition coefficient (Wildman–Crippen LogP) is 3.80. The Morgan fingerprint density at radius 3 is 2.67 bits per heavy atom. The van der Waals surface area contributed by atoms with Crippen molar-refractivity contribution in [2.45, 2.75) is 13.3 Å². The van der Waals surface area contributed by atoms with Crippen LogP contribution in [0.4, 0.5) is 5.69 Å². The molecule has 0 aromatic heterocycles. The third-order valence-corrected chi connectivity index (χ3v) is 4.27. The van der Waals surface area contributed by atoms with Crippen molar-refractivity contribution in [2.75, 3.05) is 25.1 Å². The summed E-state index contributed by atoms with van der Waals surface area (Å²) in [5.74, 6) is 1.78. The number of hydrogen-bond acceptors (Lipinski definition) is 4. The number of nitrogens with one attached hydrogen (secondary N) is 1. The molecule has 0 unspecified atom stereocenters. The molecule has 5 nitrogen and oxygen atoms in total. The summed E-state index contributed by atoms with van der Waals surface area (Å²) < 4.78 is 17.4. The number of anilines is 1. The minimum Gasteiger partial charge on any atom is -0.486 e. The van der Waals surface area contributed by atoms with E-state index in [1.54, 1.807) is 12.1 Å². The van der Waals surface area contributed by atoms with Crippen LogP contribution in [-0.2, 0) is 11.2 Å². The highest BCUT2D eigenvalue weighted by Crippen LogP contribution is 2.38. The molecule has 0 spiro atoms. The number of benzene rings is 2. The number of carbonyl (C=O) groups is 1. The molecule has 0 saturated carbocycles. The molecule has 3 rings (SSSR count). The fraction of sp³-hybridized carbons (Fsp3) is 0.278. The lowest BCUT2D eigenvalue weighted by molar-refractivity contribution is -0.118. The molecule has 0 fully saturated rings. The highest BCUT2D eigenvalue weighted by Gasteiger charge is 2.16. The summed E-state index contributed by atoms with van der Waals surface area (Å²) in [5.41, 5.74) is 1.70. The van der Waals surface area contributed by atoms with Gasteiger partial charge in [0.05, 0.1) is 5.69 Å². The fourth-order valence-electron chi connectivity index (χ4n) is 2.43. The molecule has 0 aliphatic carbocycles. The molecule has 0 radical (unpaired) electrons. The van der Waals surface area contributed by atoms with Crippen molar-refractivity contribution in [3.63, 3.8) is 0 Å². The quantitative estimate of drug-likeness (QED) is 0.841. The summed E-state index contributed by atoms with van der Waals surface area (Å²) in [6, 6.07) is 11.2. The van der Waals surface area contributed by atoms with Crippen molar-refractivity contribution in [2.24, 2.45) is 0 Å². The normalized spacial score (nSPS) is 12.6. The maximum absolute atomic E-state index is 12.2. The monoisotopic (exact) mass is 391 g/mol. The Balaban J connectivity index is 1.65. The number of halogens is 1. The van der Waals surface area contributed by atoms with Crippen LogP contribution in [0.3, 0.4) is 0 Å². The van der Waals surface area contributed by atoms with Gasteiger partial charge < -0.3 is 19.5 Å². The number of rotatable bonds is 5. The molecule has 0 atom stereocenters. The van der Waals surface area contributed by atoms with E-state index < -0.39 is 0 Å². The molecule has 6 heteroatoms. The predicted molar refractivity (Wildman–Crippen MR) is 95.1 cm³/mol. The average Bonchev–Trinajstić information content (AvgIpc) is 2.61. The maximum atomic E-state index is 12.2. The van der Waals surface area contributed by atoms with Crippen LogP contribution >= 0.6 is 15.9 Å². The first-order chi connectivity index (χ1) is 11.7. The van der Waals surface area contributed by atoms with E-state index in [4.69, 9.17) is 14.2 Å². The van der Waals surface area contributed by atoms with Crippen molar-refractivity contribution < 1.29 is 19.0 Å². The van der Waals surface area contributed by atoms with Crippen molar-refractivity contribution in [1.29, 1.82) is 0 Å².